The summed E-state index contributed by atoms with van der Waals surface area (Å²) in [4.78, 5) is 61.4. The highest BCUT2D eigenvalue weighted by Gasteiger charge is 2.37. The Bertz CT molecular complexity index is 1520. The van der Waals surface area contributed by atoms with Crippen molar-refractivity contribution in [3.63, 3.8) is 0 Å². The van der Waals surface area contributed by atoms with E-state index in [9.17, 15) is 32.3 Å². The van der Waals surface area contributed by atoms with Gasteiger partial charge in [-0.25, -0.2) is 4.79 Å². The molecule has 0 aliphatic carbocycles. The fourth-order valence-corrected chi connectivity index (χ4v) is 7.48. The number of para-hydroxylation sites is 1. The number of carbonyl (C=O) groups is 4. The van der Waals surface area contributed by atoms with Crippen LogP contribution < -0.4 is 15.4 Å². The average molecular weight is 685 g/mol. The molecule has 0 radical (unpaired) electrons. The zero-order chi connectivity index (χ0) is 34.5. The van der Waals surface area contributed by atoms with Gasteiger partial charge in [-0.2, -0.15) is 0 Å². The average Bonchev–Trinajstić information content (AvgIpc) is 3.10. The lowest BCUT2D eigenvalue weighted by atomic mass is 9.98. The van der Waals surface area contributed by atoms with Gasteiger partial charge in [0.05, 0.1) is 6.42 Å². The third kappa shape index (κ3) is 8.64. The van der Waals surface area contributed by atoms with Crippen LogP contribution in [0.15, 0.2) is 48.5 Å². The van der Waals surface area contributed by atoms with Gasteiger partial charge in [0.25, 0.3) is 5.91 Å². The van der Waals surface area contributed by atoms with E-state index >= 15 is 0 Å². The molecule has 2 N–H and O–H groups in total. The van der Waals surface area contributed by atoms with Gasteiger partial charge in [0.2, 0.25) is 11.8 Å². The highest BCUT2D eigenvalue weighted by atomic mass is 19.4. The van der Waals surface area contributed by atoms with E-state index in [2.05, 4.69) is 20.3 Å². The number of likely N-dealkylation sites (tertiary alicyclic amines) is 3. The largest absolute Gasteiger partial charge is 0.573 e. The highest BCUT2D eigenvalue weighted by Crippen LogP contribution is 2.29. The first-order valence-electron chi connectivity index (χ1n) is 17.2. The van der Waals surface area contributed by atoms with Crippen molar-refractivity contribution in [2.45, 2.75) is 82.4 Å². The van der Waals surface area contributed by atoms with Crippen LogP contribution in [0, 0.1) is 0 Å². The van der Waals surface area contributed by atoms with Crippen LogP contribution >= 0.6 is 0 Å². The third-order valence-electron chi connectivity index (χ3n) is 10.1. The van der Waals surface area contributed by atoms with Crippen molar-refractivity contribution < 1.29 is 37.1 Å². The van der Waals surface area contributed by atoms with Crippen LogP contribution in [0.25, 0.3) is 0 Å². The number of hydrogen-bond acceptors (Lipinski definition) is 6. The van der Waals surface area contributed by atoms with Crippen LogP contribution in [-0.2, 0) is 16.1 Å². The molecule has 11 nitrogen and oxygen atoms in total. The lowest BCUT2D eigenvalue weighted by Gasteiger charge is -2.41. The molecule has 1 atom stereocenters. The number of anilines is 1. The third-order valence-corrected chi connectivity index (χ3v) is 10.1. The Labute approximate surface area is 283 Å². The van der Waals surface area contributed by atoms with E-state index < -0.39 is 24.1 Å². The molecule has 0 bridgehead atoms. The van der Waals surface area contributed by atoms with Gasteiger partial charge in [0.1, 0.15) is 11.8 Å². The second-order valence-corrected chi connectivity index (χ2v) is 13.3. The molecule has 0 saturated carbocycles. The van der Waals surface area contributed by atoms with Crippen molar-refractivity contribution in [1.82, 2.24) is 24.9 Å². The Morgan fingerprint density at radius 2 is 1.53 bits per heavy atom. The molecule has 3 fully saturated rings. The van der Waals surface area contributed by atoms with E-state index in [1.165, 1.54) is 31.4 Å². The molecule has 5 amide bonds. The van der Waals surface area contributed by atoms with Crippen molar-refractivity contribution in [2.24, 2.45) is 0 Å². The predicted octanol–water partition coefficient (Wildman–Crippen LogP) is 4.59. The number of ether oxygens (including phenoxy) is 1. The van der Waals surface area contributed by atoms with Gasteiger partial charge >= 0.3 is 12.4 Å². The standard InChI is InChI=1S/C35H43F3N6O5/c36-35(37,38)49-28-9-6-8-24(21-28)32(46)39-30(33(47)43-19-11-26(12-20-43)41-15-4-1-5-16-41)22-31(45)42-17-13-27(14-18-42)44-23-25-7-2-3-10-29(25)40-34(44)48/h2-3,6-10,21,26-27,30H,1,4-5,11-20,22-23H2,(H,39,46)(H,40,48)/t30-/m0/s1. The number of nitrogens with one attached hydrogen (secondary N) is 2. The molecular formula is C35H43F3N6O5. The minimum atomic E-state index is -4.93. The highest BCUT2D eigenvalue weighted by molar-refractivity contribution is 5.99. The number of nitrogens with zero attached hydrogens (tertiary/aromatic N) is 4. The second-order valence-electron chi connectivity index (χ2n) is 13.3. The van der Waals surface area contributed by atoms with Crippen molar-refractivity contribution in [2.75, 3.05) is 44.6 Å². The molecule has 4 aliphatic rings. The number of piperidine rings is 3. The first-order chi connectivity index (χ1) is 23.5. The van der Waals surface area contributed by atoms with E-state index in [1.807, 2.05) is 24.3 Å². The summed E-state index contributed by atoms with van der Waals surface area (Å²) in [5, 5.41) is 5.59. The zero-order valence-electron chi connectivity index (χ0n) is 27.4. The van der Waals surface area contributed by atoms with E-state index in [4.69, 9.17) is 0 Å². The zero-order valence-corrected chi connectivity index (χ0v) is 27.4. The van der Waals surface area contributed by atoms with E-state index in [0.717, 1.165) is 49.3 Å². The Hall–Kier alpha value is -4.33. The van der Waals surface area contributed by atoms with Gasteiger partial charge in [-0.1, -0.05) is 30.7 Å². The molecule has 264 valence electrons. The lowest BCUT2D eigenvalue weighted by Crippen LogP contribution is -2.55. The maximum atomic E-state index is 13.9. The number of hydrogen-bond donors (Lipinski definition) is 2. The van der Waals surface area contributed by atoms with Gasteiger partial charge in [0, 0.05) is 56.1 Å². The van der Waals surface area contributed by atoms with Gasteiger partial charge in [-0.05, 0) is 81.4 Å². The minimum absolute atomic E-state index is 0.0677. The smallest absolute Gasteiger partial charge is 0.406 e. The van der Waals surface area contributed by atoms with Crippen LogP contribution in [-0.4, -0.2) is 107 Å². The molecule has 0 aromatic heterocycles. The maximum Gasteiger partial charge on any atom is 0.573 e. The summed E-state index contributed by atoms with van der Waals surface area (Å²) in [6.45, 7) is 4.31. The number of rotatable bonds is 8. The van der Waals surface area contributed by atoms with Gasteiger partial charge < -0.3 is 35.0 Å². The quantitative estimate of drug-likeness (QED) is 0.421. The number of alkyl halides is 3. The van der Waals surface area contributed by atoms with Crippen LogP contribution in [0.4, 0.5) is 23.7 Å². The van der Waals surface area contributed by atoms with Crippen LogP contribution in [0.2, 0.25) is 0 Å². The normalized spacial score (nSPS) is 20.3. The number of benzene rings is 2. The van der Waals surface area contributed by atoms with Crippen LogP contribution in [0.3, 0.4) is 0 Å². The topological polar surface area (TPSA) is 115 Å². The molecule has 2 aromatic carbocycles. The number of halogens is 3. The second kappa shape index (κ2) is 15.1. The van der Waals surface area contributed by atoms with Crippen molar-refractivity contribution >= 4 is 29.4 Å². The Balaban J connectivity index is 1.10. The number of fused-ring (bicyclic) bond motifs is 1. The molecule has 0 unspecified atom stereocenters. The van der Waals surface area contributed by atoms with E-state index in [1.54, 1.807) is 14.7 Å². The van der Waals surface area contributed by atoms with Crippen LogP contribution in [0.1, 0.15) is 67.3 Å². The number of urea groups is 1. The molecule has 4 aliphatic heterocycles. The van der Waals surface area contributed by atoms with Crippen LogP contribution in [0.5, 0.6) is 5.75 Å². The fraction of sp³-hybridized carbons (Fsp3) is 0.543. The molecule has 2 aromatic rings. The van der Waals surface area contributed by atoms with Crippen molar-refractivity contribution in [1.29, 1.82) is 0 Å². The summed E-state index contributed by atoms with van der Waals surface area (Å²) in [5.41, 5.74) is 1.69. The van der Waals surface area contributed by atoms with E-state index in [-0.39, 0.29) is 35.9 Å². The van der Waals surface area contributed by atoms with Gasteiger partial charge in [-0.15, -0.1) is 13.2 Å². The molecule has 14 heteroatoms. The SMILES string of the molecule is O=C(N[C@@H](CC(=O)N1CCC(N2Cc3ccccc3NC2=O)CC1)C(=O)N1CCC(N2CCCCC2)CC1)c1cccc(OC(F)(F)F)c1. The Morgan fingerprint density at radius 1 is 0.857 bits per heavy atom. The summed E-state index contributed by atoms with van der Waals surface area (Å²) < 4.78 is 42.5. The summed E-state index contributed by atoms with van der Waals surface area (Å²) in [6, 6.07) is 11.2. The van der Waals surface area contributed by atoms with Crippen molar-refractivity contribution in [3.05, 3.63) is 59.7 Å². The van der Waals surface area contributed by atoms with Gasteiger partial charge in [0.15, 0.2) is 0 Å². The first-order valence-corrected chi connectivity index (χ1v) is 17.2. The monoisotopic (exact) mass is 684 g/mol. The number of carbonyl (C=O) groups excluding carboxylic acids is 4. The molecule has 49 heavy (non-hydrogen) atoms. The summed E-state index contributed by atoms with van der Waals surface area (Å²) in [5.74, 6) is -2.05. The maximum absolute atomic E-state index is 13.9. The summed E-state index contributed by atoms with van der Waals surface area (Å²) >= 11 is 0. The predicted molar refractivity (Wildman–Crippen MR) is 175 cm³/mol. The summed E-state index contributed by atoms with van der Waals surface area (Å²) in [7, 11) is 0. The minimum Gasteiger partial charge on any atom is -0.406 e. The summed E-state index contributed by atoms with van der Waals surface area (Å²) in [6.07, 6.45) is 1.03. The van der Waals surface area contributed by atoms with Gasteiger partial charge in [-0.3, -0.25) is 14.4 Å². The Kier molecular flexibility index (Phi) is 10.6. The fourth-order valence-electron chi connectivity index (χ4n) is 7.48. The number of amides is 5. The lowest BCUT2D eigenvalue weighted by molar-refractivity contribution is -0.274. The molecule has 0 spiro atoms. The first kappa shape index (κ1) is 34.5. The Morgan fingerprint density at radius 3 is 2.24 bits per heavy atom. The van der Waals surface area contributed by atoms with E-state index in [0.29, 0.717) is 51.6 Å². The molecular weight excluding hydrogens is 641 g/mol. The molecule has 6 rings (SSSR count). The van der Waals surface area contributed by atoms with Crippen molar-refractivity contribution in [3.8, 4) is 5.75 Å². The molecule has 3 saturated heterocycles. The molecule has 4 heterocycles.